The topological polar surface area (TPSA) is 45.4 Å². The molecule has 2 atom stereocenters. The molecular weight excluding hydrogens is 226 g/mol. The van der Waals surface area contributed by atoms with Crippen LogP contribution in [0, 0.1) is 12.8 Å². The highest BCUT2D eigenvalue weighted by Crippen LogP contribution is 2.32. The van der Waals surface area contributed by atoms with Gasteiger partial charge in [0.05, 0.1) is 0 Å². The van der Waals surface area contributed by atoms with Crippen molar-refractivity contribution in [3.05, 3.63) is 35.6 Å². The van der Waals surface area contributed by atoms with Gasteiger partial charge < -0.3 is 14.8 Å². The summed E-state index contributed by atoms with van der Waals surface area (Å²) in [7, 11) is 0. The minimum Gasteiger partial charge on any atom is -0.458 e. The van der Waals surface area contributed by atoms with Gasteiger partial charge in [-0.1, -0.05) is 18.2 Å². The van der Waals surface area contributed by atoms with E-state index in [0.29, 0.717) is 5.76 Å². The first-order chi connectivity index (χ1) is 8.75. The van der Waals surface area contributed by atoms with Crippen molar-refractivity contribution >= 4 is 11.0 Å². The van der Waals surface area contributed by atoms with Crippen LogP contribution in [0.3, 0.4) is 0 Å². The van der Waals surface area contributed by atoms with E-state index in [1.807, 2.05) is 31.2 Å². The summed E-state index contributed by atoms with van der Waals surface area (Å²) in [5.74, 6) is 0.965. The van der Waals surface area contributed by atoms with Gasteiger partial charge in [0.15, 0.2) is 0 Å². The molecule has 0 amide bonds. The van der Waals surface area contributed by atoms with Gasteiger partial charge in [-0.05, 0) is 37.9 Å². The molecule has 2 aromatic rings. The van der Waals surface area contributed by atoms with Gasteiger partial charge in [-0.2, -0.15) is 0 Å². The fraction of sp³-hybridized carbons (Fsp3) is 0.467. The molecule has 0 radical (unpaired) electrons. The minimum absolute atomic E-state index is 0.264. The molecule has 2 unspecified atom stereocenters. The zero-order valence-corrected chi connectivity index (χ0v) is 10.6. The number of piperidine rings is 1. The van der Waals surface area contributed by atoms with Gasteiger partial charge in [-0.3, -0.25) is 0 Å². The molecule has 96 valence electrons. The summed E-state index contributed by atoms with van der Waals surface area (Å²) in [6.07, 6.45) is 1.69. The van der Waals surface area contributed by atoms with Gasteiger partial charge in [-0.15, -0.1) is 0 Å². The third kappa shape index (κ3) is 2.04. The zero-order chi connectivity index (χ0) is 12.5. The molecule has 2 N–H and O–H groups in total. The van der Waals surface area contributed by atoms with Gasteiger partial charge in [0.1, 0.15) is 17.4 Å². The van der Waals surface area contributed by atoms with Crippen molar-refractivity contribution in [2.45, 2.75) is 25.9 Å². The number of hydrogen-bond acceptors (Lipinski definition) is 3. The molecule has 3 heteroatoms. The Kier molecular flexibility index (Phi) is 3.10. The molecule has 1 aliphatic heterocycles. The molecule has 0 bridgehead atoms. The fourth-order valence-electron chi connectivity index (χ4n) is 2.76. The maximum atomic E-state index is 10.4. The van der Waals surface area contributed by atoms with E-state index < -0.39 is 6.10 Å². The van der Waals surface area contributed by atoms with Gasteiger partial charge in [0.2, 0.25) is 0 Å². The number of aryl methyl sites for hydroxylation is 1. The van der Waals surface area contributed by atoms with Crippen LogP contribution < -0.4 is 5.32 Å². The third-order valence-corrected chi connectivity index (χ3v) is 3.83. The molecule has 1 aromatic heterocycles. The van der Waals surface area contributed by atoms with Crippen LogP contribution in [-0.2, 0) is 0 Å². The quantitative estimate of drug-likeness (QED) is 0.855. The predicted molar refractivity (Wildman–Crippen MR) is 71.5 cm³/mol. The van der Waals surface area contributed by atoms with Crippen molar-refractivity contribution in [1.29, 1.82) is 0 Å². The smallest absolute Gasteiger partial charge is 0.137 e. The van der Waals surface area contributed by atoms with E-state index in [1.54, 1.807) is 0 Å². The summed E-state index contributed by atoms with van der Waals surface area (Å²) < 4.78 is 5.84. The number of aliphatic hydroxyl groups is 1. The Morgan fingerprint density at radius 1 is 1.44 bits per heavy atom. The van der Waals surface area contributed by atoms with Crippen molar-refractivity contribution in [3.63, 3.8) is 0 Å². The van der Waals surface area contributed by atoms with E-state index in [-0.39, 0.29) is 5.92 Å². The average Bonchev–Trinajstić information content (AvgIpc) is 2.84. The lowest BCUT2D eigenvalue weighted by Gasteiger charge is -2.25. The number of fused-ring (bicyclic) bond motifs is 1. The van der Waals surface area contributed by atoms with Crippen LogP contribution >= 0.6 is 0 Å². The highest BCUT2D eigenvalue weighted by atomic mass is 16.4. The largest absolute Gasteiger partial charge is 0.458 e. The van der Waals surface area contributed by atoms with Crippen LogP contribution in [0.1, 0.15) is 30.3 Å². The van der Waals surface area contributed by atoms with Gasteiger partial charge in [-0.25, -0.2) is 0 Å². The Morgan fingerprint density at radius 2 is 2.33 bits per heavy atom. The number of benzene rings is 1. The van der Waals surface area contributed by atoms with Crippen molar-refractivity contribution in [1.82, 2.24) is 5.32 Å². The highest BCUT2D eigenvalue weighted by Gasteiger charge is 2.25. The maximum Gasteiger partial charge on any atom is 0.137 e. The van der Waals surface area contributed by atoms with Crippen LogP contribution in [0.25, 0.3) is 11.0 Å². The highest BCUT2D eigenvalue weighted by molar-refractivity contribution is 5.80. The lowest BCUT2D eigenvalue weighted by molar-refractivity contribution is 0.0735. The Morgan fingerprint density at radius 3 is 3.06 bits per heavy atom. The summed E-state index contributed by atoms with van der Waals surface area (Å²) in [6, 6.07) is 8.05. The molecule has 2 heterocycles. The molecule has 3 rings (SSSR count). The first-order valence-corrected chi connectivity index (χ1v) is 6.63. The maximum absolute atomic E-state index is 10.4. The molecule has 0 saturated carbocycles. The van der Waals surface area contributed by atoms with Crippen molar-refractivity contribution in [2.24, 2.45) is 5.92 Å². The minimum atomic E-state index is -0.496. The second kappa shape index (κ2) is 4.75. The molecule has 1 saturated heterocycles. The Balaban J connectivity index is 1.91. The SMILES string of the molecule is Cc1cccc2cc(C(O)C3CCCNC3)oc12. The number of furan rings is 1. The lowest BCUT2D eigenvalue weighted by atomic mass is 9.92. The lowest BCUT2D eigenvalue weighted by Crippen LogP contribution is -2.33. The van der Waals surface area contributed by atoms with Crippen LogP contribution in [0.15, 0.2) is 28.7 Å². The van der Waals surface area contributed by atoms with E-state index in [0.717, 1.165) is 42.5 Å². The van der Waals surface area contributed by atoms with E-state index in [4.69, 9.17) is 4.42 Å². The van der Waals surface area contributed by atoms with Gasteiger partial charge in [0, 0.05) is 17.8 Å². The van der Waals surface area contributed by atoms with Crippen LogP contribution in [-0.4, -0.2) is 18.2 Å². The first-order valence-electron chi connectivity index (χ1n) is 6.63. The summed E-state index contributed by atoms with van der Waals surface area (Å²) in [6.45, 7) is 3.96. The monoisotopic (exact) mass is 245 g/mol. The molecule has 0 spiro atoms. The Labute approximate surface area is 107 Å². The van der Waals surface area contributed by atoms with Crippen LogP contribution in [0.2, 0.25) is 0 Å². The summed E-state index contributed by atoms with van der Waals surface area (Å²) in [5, 5.41) is 14.8. The molecule has 18 heavy (non-hydrogen) atoms. The predicted octanol–water partition coefficient (Wildman–Crippen LogP) is 2.77. The fourth-order valence-corrected chi connectivity index (χ4v) is 2.76. The second-order valence-corrected chi connectivity index (χ2v) is 5.19. The number of aliphatic hydroxyl groups excluding tert-OH is 1. The zero-order valence-electron chi connectivity index (χ0n) is 10.6. The normalized spacial score (nSPS) is 22.2. The molecule has 1 aliphatic rings. The molecule has 1 fully saturated rings. The third-order valence-electron chi connectivity index (χ3n) is 3.83. The average molecular weight is 245 g/mol. The van der Waals surface area contributed by atoms with E-state index in [9.17, 15) is 5.11 Å². The molecular formula is C15H19NO2. The Hall–Kier alpha value is -1.32. The van der Waals surface area contributed by atoms with E-state index in [1.165, 1.54) is 0 Å². The molecule has 0 aliphatic carbocycles. The van der Waals surface area contributed by atoms with Gasteiger partial charge in [0.25, 0.3) is 0 Å². The Bertz CT molecular complexity index is 540. The number of para-hydroxylation sites is 1. The summed E-state index contributed by atoms with van der Waals surface area (Å²) in [5.41, 5.74) is 2.02. The van der Waals surface area contributed by atoms with Crippen molar-refractivity contribution in [3.8, 4) is 0 Å². The van der Waals surface area contributed by atoms with Crippen LogP contribution in [0.4, 0.5) is 0 Å². The van der Waals surface area contributed by atoms with Gasteiger partial charge >= 0.3 is 0 Å². The van der Waals surface area contributed by atoms with Crippen molar-refractivity contribution < 1.29 is 9.52 Å². The molecule has 3 nitrogen and oxygen atoms in total. The van der Waals surface area contributed by atoms with Crippen molar-refractivity contribution in [2.75, 3.05) is 13.1 Å². The summed E-state index contributed by atoms with van der Waals surface area (Å²) in [4.78, 5) is 0. The van der Waals surface area contributed by atoms with Crippen LogP contribution in [0.5, 0.6) is 0 Å². The summed E-state index contributed by atoms with van der Waals surface area (Å²) >= 11 is 0. The molecule has 1 aromatic carbocycles. The van der Waals surface area contributed by atoms with E-state index in [2.05, 4.69) is 5.32 Å². The first kappa shape index (κ1) is 11.8. The second-order valence-electron chi connectivity index (χ2n) is 5.19. The standard InChI is InChI=1S/C15H19NO2/c1-10-4-2-5-11-8-13(18-15(10)11)14(17)12-6-3-7-16-9-12/h2,4-5,8,12,14,16-17H,3,6-7,9H2,1H3. The number of rotatable bonds is 2. The number of nitrogens with one attached hydrogen (secondary N) is 1. The van der Waals surface area contributed by atoms with E-state index >= 15 is 0 Å². The number of hydrogen-bond donors (Lipinski definition) is 2.